The highest BCUT2D eigenvalue weighted by atomic mass is 16.5. The molecular weight excluding hydrogens is 268 g/mol. The Labute approximate surface area is 126 Å². The summed E-state index contributed by atoms with van der Waals surface area (Å²) in [4.78, 5) is 4.68. The van der Waals surface area contributed by atoms with Gasteiger partial charge in [-0.2, -0.15) is 0 Å². The van der Waals surface area contributed by atoms with Gasteiger partial charge in [0.15, 0.2) is 11.5 Å². The number of phenols is 1. The van der Waals surface area contributed by atoms with Crippen molar-refractivity contribution < 1.29 is 14.9 Å². The highest BCUT2D eigenvalue weighted by Crippen LogP contribution is 2.30. The Hall–Kier alpha value is -1.30. The zero-order valence-electron chi connectivity index (χ0n) is 13.0. The number of ether oxygens (including phenoxy) is 1. The summed E-state index contributed by atoms with van der Waals surface area (Å²) in [6.07, 6.45) is 0.979. The lowest BCUT2D eigenvalue weighted by molar-refractivity contribution is 0.0605. The normalized spacial score (nSPS) is 18.6. The molecule has 0 radical (unpaired) electrons. The highest BCUT2D eigenvalue weighted by molar-refractivity contribution is 5.45. The minimum absolute atomic E-state index is 0.229. The summed E-state index contributed by atoms with van der Waals surface area (Å²) in [7, 11) is 1.57. The smallest absolute Gasteiger partial charge is 0.162 e. The van der Waals surface area contributed by atoms with Gasteiger partial charge in [0, 0.05) is 44.3 Å². The summed E-state index contributed by atoms with van der Waals surface area (Å²) in [5, 5.41) is 19.5. The van der Waals surface area contributed by atoms with E-state index in [4.69, 9.17) is 4.74 Å². The van der Waals surface area contributed by atoms with Crippen LogP contribution in [-0.4, -0.2) is 66.0 Å². The van der Waals surface area contributed by atoms with Crippen molar-refractivity contribution in [2.75, 3.05) is 39.9 Å². The predicted octanol–water partition coefficient (Wildman–Crippen LogP) is 1.29. The quantitative estimate of drug-likeness (QED) is 0.828. The predicted molar refractivity (Wildman–Crippen MR) is 82.7 cm³/mol. The van der Waals surface area contributed by atoms with Crippen LogP contribution >= 0.6 is 0 Å². The van der Waals surface area contributed by atoms with Crippen molar-refractivity contribution >= 4 is 0 Å². The van der Waals surface area contributed by atoms with Gasteiger partial charge in [0.2, 0.25) is 0 Å². The molecule has 1 aromatic rings. The van der Waals surface area contributed by atoms with Crippen LogP contribution in [0.1, 0.15) is 18.9 Å². The summed E-state index contributed by atoms with van der Waals surface area (Å²) in [6, 6.07) is 5.89. The third-order valence-corrected chi connectivity index (χ3v) is 4.30. The van der Waals surface area contributed by atoms with E-state index in [1.165, 1.54) is 0 Å². The Morgan fingerprint density at radius 3 is 2.52 bits per heavy atom. The van der Waals surface area contributed by atoms with Crippen LogP contribution in [0.3, 0.4) is 0 Å². The average Bonchev–Trinajstić information content (AvgIpc) is 2.52. The minimum Gasteiger partial charge on any atom is -0.504 e. The number of hydrogen-bond donors (Lipinski definition) is 2. The van der Waals surface area contributed by atoms with Gasteiger partial charge in [0.1, 0.15) is 0 Å². The highest BCUT2D eigenvalue weighted by Gasteiger charge is 2.23. The zero-order valence-corrected chi connectivity index (χ0v) is 13.0. The lowest BCUT2D eigenvalue weighted by Crippen LogP contribution is -2.50. The van der Waals surface area contributed by atoms with E-state index < -0.39 is 0 Å². The topological polar surface area (TPSA) is 56.2 Å². The molecule has 0 amide bonds. The molecular formula is C16H26N2O3. The first kappa shape index (κ1) is 16.1. The second kappa shape index (κ2) is 7.64. The van der Waals surface area contributed by atoms with Gasteiger partial charge >= 0.3 is 0 Å². The number of rotatable bonds is 6. The third kappa shape index (κ3) is 3.87. The Morgan fingerprint density at radius 2 is 1.95 bits per heavy atom. The van der Waals surface area contributed by atoms with Gasteiger partial charge in [-0.1, -0.05) is 19.1 Å². The second-order valence-electron chi connectivity index (χ2n) is 5.52. The van der Waals surface area contributed by atoms with Crippen molar-refractivity contribution in [1.29, 1.82) is 0 Å². The van der Waals surface area contributed by atoms with Crippen molar-refractivity contribution in [3.05, 3.63) is 23.8 Å². The van der Waals surface area contributed by atoms with Gasteiger partial charge in [0.05, 0.1) is 13.7 Å². The fraction of sp³-hybridized carbons (Fsp3) is 0.625. The molecule has 0 aliphatic carbocycles. The van der Waals surface area contributed by atoms with E-state index in [0.29, 0.717) is 5.75 Å². The lowest BCUT2D eigenvalue weighted by Gasteiger charge is -2.38. The molecule has 5 heteroatoms. The first-order chi connectivity index (χ1) is 10.2. The van der Waals surface area contributed by atoms with Crippen LogP contribution in [0.15, 0.2) is 18.2 Å². The molecule has 2 N–H and O–H groups in total. The van der Waals surface area contributed by atoms with Crippen LogP contribution in [-0.2, 0) is 6.54 Å². The number of piperazine rings is 1. The molecule has 5 nitrogen and oxygen atoms in total. The van der Waals surface area contributed by atoms with Gasteiger partial charge in [-0.05, 0) is 12.5 Å². The average molecular weight is 294 g/mol. The molecule has 0 spiro atoms. The maximum atomic E-state index is 10.1. The molecule has 2 rings (SSSR count). The van der Waals surface area contributed by atoms with Crippen LogP contribution in [0, 0.1) is 0 Å². The first-order valence-corrected chi connectivity index (χ1v) is 7.61. The van der Waals surface area contributed by atoms with Crippen molar-refractivity contribution in [3.63, 3.8) is 0 Å². The number of methoxy groups -OCH3 is 1. The number of nitrogens with zero attached hydrogens (tertiary/aromatic N) is 2. The number of aromatic hydroxyl groups is 1. The van der Waals surface area contributed by atoms with E-state index in [0.717, 1.165) is 44.7 Å². The second-order valence-corrected chi connectivity index (χ2v) is 5.52. The van der Waals surface area contributed by atoms with E-state index >= 15 is 0 Å². The van der Waals surface area contributed by atoms with Crippen molar-refractivity contribution in [3.8, 4) is 11.5 Å². The fourth-order valence-electron chi connectivity index (χ4n) is 2.89. The Kier molecular flexibility index (Phi) is 5.85. The van der Waals surface area contributed by atoms with E-state index in [1.54, 1.807) is 13.2 Å². The third-order valence-electron chi connectivity index (χ3n) is 4.30. The Morgan fingerprint density at radius 1 is 1.24 bits per heavy atom. The molecule has 21 heavy (non-hydrogen) atoms. The SMILES string of the molecule is CCC(CO)N1CCN(Cc2cccc(OC)c2O)CC1. The van der Waals surface area contributed by atoms with Gasteiger partial charge < -0.3 is 14.9 Å². The Balaban J connectivity index is 1.92. The number of aliphatic hydroxyl groups excluding tert-OH is 1. The van der Waals surface area contributed by atoms with Crippen LogP contribution < -0.4 is 4.74 Å². The summed E-state index contributed by atoms with van der Waals surface area (Å²) in [6.45, 7) is 6.90. The molecule has 0 bridgehead atoms. The van der Waals surface area contributed by atoms with Crippen molar-refractivity contribution in [2.45, 2.75) is 25.9 Å². The zero-order chi connectivity index (χ0) is 15.2. The minimum atomic E-state index is 0.229. The van der Waals surface area contributed by atoms with Crippen LogP contribution in [0.5, 0.6) is 11.5 Å². The van der Waals surface area contributed by atoms with E-state index in [1.807, 2.05) is 12.1 Å². The van der Waals surface area contributed by atoms with Crippen molar-refractivity contribution in [2.24, 2.45) is 0 Å². The number of phenolic OH excluding ortho intramolecular Hbond substituents is 1. The Bertz CT molecular complexity index is 441. The monoisotopic (exact) mass is 294 g/mol. The molecule has 1 fully saturated rings. The number of aliphatic hydroxyl groups is 1. The molecule has 1 aromatic carbocycles. The number of hydrogen-bond acceptors (Lipinski definition) is 5. The molecule has 0 aromatic heterocycles. The maximum Gasteiger partial charge on any atom is 0.162 e. The molecule has 1 aliphatic heterocycles. The number of para-hydroxylation sites is 1. The van der Waals surface area contributed by atoms with E-state index in [2.05, 4.69) is 16.7 Å². The van der Waals surface area contributed by atoms with Crippen LogP contribution in [0.2, 0.25) is 0 Å². The molecule has 0 saturated carbocycles. The van der Waals surface area contributed by atoms with Gasteiger partial charge in [-0.25, -0.2) is 0 Å². The molecule has 1 saturated heterocycles. The van der Waals surface area contributed by atoms with E-state index in [9.17, 15) is 10.2 Å². The molecule has 118 valence electrons. The first-order valence-electron chi connectivity index (χ1n) is 7.61. The van der Waals surface area contributed by atoms with Crippen LogP contribution in [0.25, 0.3) is 0 Å². The summed E-state index contributed by atoms with van der Waals surface area (Å²) in [5.74, 6) is 0.765. The largest absolute Gasteiger partial charge is 0.504 e. The maximum absolute atomic E-state index is 10.1. The van der Waals surface area contributed by atoms with Crippen LogP contribution in [0.4, 0.5) is 0 Å². The molecule has 1 heterocycles. The summed E-state index contributed by atoms with van der Waals surface area (Å²) < 4.78 is 5.15. The fourth-order valence-corrected chi connectivity index (χ4v) is 2.89. The van der Waals surface area contributed by atoms with Gasteiger partial charge in [-0.15, -0.1) is 0 Å². The van der Waals surface area contributed by atoms with E-state index in [-0.39, 0.29) is 18.4 Å². The molecule has 1 unspecified atom stereocenters. The molecule has 1 atom stereocenters. The van der Waals surface area contributed by atoms with Gasteiger partial charge in [-0.3, -0.25) is 9.80 Å². The lowest BCUT2D eigenvalue weighted by atomic mass is 10.1. The molecule has 1 aliphatic rings. The van der Waals surface area contributed by atoms with Crippen molar-refractivity contribution in [1.82, 2.24) is 9.80 Å². The standard InChI is InChI=1S/C16H26N2O3/c1-3-14(12-19)18-9-7-17(8-10-18)11-13-5-4-6-15(21-2)16(13)20/h4-6,14,19-20H,3,7-12H2,1-2H3. The van der Waals surface area contributed by atoms with Gasteiger partial charge in [0.25, 0.3) is 0 Å². The summed E-state index contributed by atoms with van der Waals surface area (Å²) in [5.41, 5.74) is 0.900. The number of benzene rings is 1. The summed E-state index contributed by atoms with van der Waals surface area (Å²) >= 11 is 0.